The average Bonchev–Trinajstić information content (AvgIpc) is 2.35. The highest BCUT2D eigenvalue weighted by atomic mass is 32.2. The third-order valence-corrected chi connectivity index (χ3v) is 4.06. The van der Waals surface area contributed by atoms with Gasteiger partial charge in [-0.3, -0.25) is 10.1 Å². The van der Waals surface area contributed by atoms with Gasteiger partial charge in [0, 0.05) is 12.6 Å². The van der Waals surface area contributed by atoms with Gasteiger partial charge in [0.1, 0.15) is 4.90 Å². The first kappa shape index (κ1) is 16.0. The number of aliphatic hydroxyl groups is 1. The number of hydrogen-bond donors (Lipinski definition) is 3. The van der Waals surface area contributed by atoms with Crippen LogP contribution in [-0.2, 0) is 10.0 Å². The molecule has 0 aliphatic carbocycles. The van der Waals surface area contributed by atoms with Crippen molar-refractivity contribution in [1.29, 1.82) is 0 Å². The summed E-state index contributed by atoms with van der Waals surface area (Å²) in [5.74, 6) is -1.72. The maximum atomic E-state index is 12.0. The van der Waals surface area contributed by atoms with Crippen LogP contribution in [0.3, 0.4) is 0 Å². The molecule has 0 aliphatic rings. The van der Waals surface area contributed by atoms with Crippen molar-refractivity contribution in [3.05, 3.63) is 33.4 Å². The van der Waals surface area contributed by atoms with E-state index in [9.17, 15) is 23.3 Å². The lowest BCUT2D eigenvalue weighted by Gasteiger charge is -2.11. The van der Waals surface area contributed by atoms with Crippen molar-refractivity contribution < 1.29 is 28.3 Å². The molecular weight excluding hydrogens is 292 g/mol. The van der Waals surface area contributed by atoms with Crippen LogP contribution in [0.25, 0.3) is 0 Å². The number of nitrogens with one attached hydrogen (secondary N) is 1. The zero-order chi connectivity index (χ0) is 15.5. The highest BCUT2D eigenvalue weighted by Gasteiger charge is 2.32. The molecule has 0 amide bonds. The van der Waals surface area contributed by atoms with Crippen LogP contribution < -0.4 is 4.72 Å². The minimum atomic E-state index is -4.28. The Kier molecular flexibility index (Phi) is 4.76. The van der Waals surface area contributed by atoms with Crippen LogP contribution in [0.1, 0.15) is 15.9 Å². The van der Waals surface area contributed by atoms with Crippen molar-refractivity contribution in [2.75, 3.05) is 13.2 Å². The maximum Gasteiger partial charge on any atom is 0.344 e. The molecule has 1 aromatic carbocycles. The molecule has 0 bridgehead atoms. The normalized spacial score (nSPS) is 11.3. The molecule has 0 unspecified atom stereocenters. The molecule has 3 N–H and O–H groups in total. The lowest BCUT2D eigenvalue weighted by molar-refractivity contribution is -0.385. The third-order valence-electron chi connectivity index (χ3n) is 2.42. The summed E-state index contributed by atoms with van der Waals surface area (Å²) in [5, 5.41) is 28.5. The fourth-order valence-electron chi connectivity index (χ4n) is 1.63. The molecule has 20 heavy (non-hydrogen) atoms. The van der Waals surface area contributed by atoms with Gasteiger partial charge in [-0.05, 0) is 12.5 Å². The van der Waals surface area contributed by atoms with Crippen LogP contribution in [0.4, 0.5) is 5.69 Å². The zero-order valence-electron chi connectivity index (χ0n) is 10.4. The standard InChI is InChI=1S/C10H12N2O7S/c1-6-2-3-7(12(16)17)8(10(14)15)9(6)20(18,19)11-4-5-13/h2-3,11,13H,4-5H2,1H3,(H,14,15). The summed E-state index contributed by atoms with van der Waals surface area (Å²) in [6, 6.07) is 2.09. The Morgan fingerprint density at radius 1 is 1.45 bits per heavy atom. The molecule has 10 heteroatoms. The molecule has 110 valence electrons. The summed E-state index contributed by atoms with van der Waals surface area (Å²) < 4.78 is 26.0. The van der Waals surface area contributed by atoms with Crippen LogP contribution in [-0.4, -0.2) is 42.7 Å². The van der Waals surface area contributed by atoms with Crippen LogP contribution in [0.2, 0.25) is 0 Å². The van der Waals surface area contributed by atoms with Gasteiger partial charge in [0.25, 0.3) is 5.69 Å². The highest BCUT2D eigenvalue weighted by molar-refractivity contribution is 7.89. The summed E-state index contributed by atoms with van der Waals surface area (Å²) in [5.41, 5.74) is -1.66. The van der Waals surface area contributed by atoms with Crippen LogP contribution >= 0.6 is 0 Å². The molecule has 0 fully saturated rings. The van der Waals surface area contributed by atoms with Gasteiger partial charge in [0.05, 0.1) is 11.5 Å². The summed E-state index contributed by atoms with van der Waals surface area (Å²) in [6.07, 6.45) is 0. The Balaban J connectivity index is 3.64. The topological polar surface area (TPSA) is 147 Å². The minimum Gasteiger partial charge on any atom is -0.477 e. The van der Waals surface area contributed by atoms with Gasteiger partial charge in [-0.1, -0.05) is 6.07 Å². The fourth-order valence-corrected chi connectivity index (χ4v) is 3.09. The van der Waals surface area contributed by atoms with E-state index in [-0.39, 0.29) is 12.1 Å². The molecule has 1 rings (SSSR count). The molecule has 9 nitrogen and oxygen atoms in total. The molecule has 1 aromatic rings. The van der Waals surface area contributed by atoms with Crippen molar-refractivity contribution in [2.24, 2.45) is 0 Å². The molecule has 0 radical (unpaired) electrons. The first-order chi connectivity index (χ1) is 9.22. The van der Waals surface area contributed by atoms with E-state index in [1.54, 1.807) is 0 Å². The summed E-state index contributed by atoms with van der Waals surface area (Å²) in [7, 11) is -4.28. The zero-order valence-corrected chi connectivity index (χ0v) is 11.2. The number of sulfonamides is 1. The molecule has 0 saturated heterocycles. The Hall–Kier alpha value is -2.04. The van der Waals surface area contributed by atoms with Gasteiger partial charge < -0.3 is 10.2 Å². The largest absolute Gasteiger partial charge is 0.477 e. The first-order valence-corrected chi connectivity index (χ1v) is 6.82. The predicted molar refractivity (Wildman–Crippen MR) is 67.1 cm³/mol. The molecule has 0 saturated carbocycles. The van der Waals surface area contributed by atoms with Crippen molar-refractivity contribution in [2.45, 2.75) is 11.8 Å². The Bertz CT molecular complexity index is 654. The van der Waals surface area contributed by atoms with Crippen molar-refractivity contribution in [3.63, 3.8) is 0 Å². The second-order valence-electron chi connectivity index (χ2n) is 3.79. The lowest BCUT2D eigenvalue weighted by Crippen LogP contribution is -2.29. The number of benzene rings is 1. The van der Waals surface area contributed by atoms with E-state index >= 15 is 0 Å². The minimum absolute atomic E-state index is 0.0541. The van der Waals surface area contributed by atoms with Crippen LogP contribution in [0, 0.1) is 17.0 Å². The van der Waals surface area contributed by atoms with Crippen molar-refractivity contribution >= 4 is 21.7 Å². The molecule has 0 aliphatic heterocycles. The number of carboxylic acid groups (broad SMARTS) is 1. The molecule has 0 atom stereocenters. The number of aromatic carboxylic acids is 1. The van der Waals surface area contributed by atoms with Gasteiger partial charge in [-0.15, -0.1) is 0 Å². The summed E-state index contributed by atoms with van der Waals surface area (Å²) in [6.45, 7) is 0.503. The number of carbonyl (C=O) groups is 1. The summed E-state index contributed by atoms with van der Waals surface area (Å²) in [4.78, 5) is 20.4. The van der Waals surface area contributed by atoms with E-state index in [0.717, 1.165) is 12.1 Å². The van der Waals surface area contributed by atoms with Crippen molar-refractivity contribution in [3.8, 4) is 0 Å². The highest BCUT2D eigenvalue weighted by Crippen LogP contribution is 2.28. The third kappa shape index (κ3) is 3.10. The second-order valence-corrected chi connectivity index (χ2v) is 5.49. The van der Waals surface area contributed by atoms with E-state index in [1.807, 2.05) is 4.72 Å². The van der Waals surface area contributed by atoms with E-state index in [1.165, 1.54) is 6.92 Å². The van der Waals surface area contributed by atoms with E-state index in [2.05, 4.69) is 0 Å². The predicted octanol–water partition coefficient (Wildman–Crippen LogP) is -0.128. The monoisotopic (exact) mass is 304 g/mol. The number of aliphatic hydroxyl groups excluding tert-OH is 1. The molecular formula is C10H12N2O7S. The smallest absolute Gasteiger partial charge is 0.344 e. The van der Waals surface area contributed by atoms with Gasteiger partial charge in [-0.25, -0.2) is 17.9 Å². The Morgan fingerprint density at radius 2 is 2.05 bits per heavy atom. The number of nitro benzene ring substituents is 1. The SMILES string of the molecule is Cc1ccc([N+](=O)[O-])c(C(=O)O)c1S(=O)(=O)NCCO. The molecule has 0 spiro atoms. The fraction of sp³-hybridized carbons (Fsp3) is 0.300. The average molecular weight is 304 g/mol. The second kappa shape index (κ2) is 5.94. The number of hydrogen-bond acceptors (Lipinski definition) is 6. The van der Waals surface area contributed by atoms with Gasteiger partial charge >= 0.3 is 5.97 Å². The number of rotatable bonds is 6. The van der Waals surface area contributed by atoms with E-state index < -0.39 is 43.7 Å². The van der Waals surface area contributed by atoms with Crippen LogP contribution in [0.5, 0.6) is 0 Å². The molecule has 0 aromatic heterocycles. The lowest BCUT2D eigenvalue weighted by atomic mass is 10.1. The van der Waals surface area contributed by atoms with Gasteiger partial charge in [0.15, 0.2) is 5.56 Å². The first-order valence-electron chi connectivity index (χ1n) is 5.34. The molecule has 0 heterocycles. The number of aryl methyl sites for hydroxylation is 1. The van der Waals surface area contributed by atoms with Crippen LogP contribution in [0.15, 0.2) is 17.0 Å². The van der Waals surface area contributed by atoms with Gasteiger partial charge in [0.2, 0.25) is 10.0 Å². The number of carboxylic acids is 1. The van der Waals surface area contributed by atoms with Crippen molar-refractivity contribution in [1.82, 2.24) is 4.72 Å². The Morgan fingerprint density at radius 3 is 2.50 bits per heavy atom. The summed E-state index contributed by atoms with van der Waals surface area (Å²) >= 11 is 0. The maximum absolute atomic E-state index is 12.0. The van der Waals surface area contributed by atoms with Gasteiger partial charge in [-0.2, -0.15) is 0 Å². The van der Waals surface area contributed by atoms with E-state index in [0.29, 0.717) is 0 Å². The quantitative estimate of drug-likeness (QED) is 0.490. The van der Waals surface area contributed by atoms with E-state index in [4.69, 9.17) is 10.2 Å². The number of nitro groups is 1. The Labute approximate surface area is 114 Å². The number of nitrogens with zero attached hydrogens (tertiary/aromatic N) is 1.